The highest BCUT2D eigenvalue weighted by molar-refractivity contribution is 5.84. The third-order valence-electron chi connectivity index (χ3n) is 5.12. The molecule has 2 rings (SSSR count). The maximum atomic E-state index is 12.1. The summed E-state index contributed by atoms with van der Waals surface area (Å²) in [5.74, 6) is 0.268. The van der Waals surface area contributed by atoms with Crippen molar-refractivity contribution in [3.05, 3.63) is 0 Å². The van der Waals surface area contributed by atoms with E-state index in [9.17, 15) is 9.59 Å². The van der Waals surface area contributed by atoms with Crippen molar-refractivity contribution in [2.24, 2.45) is 11.7 Å². The summed E-state index contributed by atoms with van der Waals surface area (Å²) < 4.78 is 0. The van der Waals surface area contributed by atoms with Crippen molar-refractivity contribution in [3.63, 3.8) is 0 Å². The summed E-state index contributed by atoms with van der Waals surface area (Å²) in [6.07, 6.45) is 9.48. The lowest BCUT2D eigenvalue weighted by atomic mass is 9.94. The zero-order valence-electron chi connectivity index (χ0n) is 13.1. The third kappa shape index (κ3) is 4.70. The van der Waals surface area contributed by atoms with E-state index in [1.165, 1.54) is 19.3 Å². The Morgan fingerprint density at radius 1 is 1.10 bits per heavy atom. The van der Waals surface area contributed by atoms with E-state index < -0.39 is 0 Å². The molecule has 5 nitrogen and oxygen atoms in total. The second-order valence-electron chi connectivity index (χ2n) is 6.63. The van der Waals surface area contributed by atoms with Gasteiger partial charge in [0.1, 0.15) is 0 Å². The minimum atomic E-state index is -0.0391. The van der Waals surface area contributed by atoms with Gasteiger partial charge in [-0.05, 0) is 31.6 Å². The van der Waals surface area contributed by atoms with Gasteiger partial charge in [0.25, 0.3) is 0 Å². The number of carbonyl (C=O) groups excluding carboxylic acids is 2. The number of amides is 2. The fraction of sp³-hybridized carbons (Fsp3) is 0.875. The Kier molecular flexibility index (Phi) is 6.03. The fourth-order valence-electron chi connectivity index (χ4n) is 3.60. The highest BCUT2D eigenvalue weighted by Crippen LogP contribution is 2.26. The lowest BCUT2D eigenvalue weighted by Gasteiger charge is -2.31. The molecule has 120 valence electrons. The van der Waals surface area contributed by atoms with Gasteiger partial charge in [-0.2, -0.15) is 0 Å². The molecule has 0 bridgehead atoms. The zero-order valence-corrected chi connectivity index (χ0v) is 13.1. The van der Waals surface area contributed by atoms with Crippen LogP contribution < -0.4 is 11.1 Å². The van der Waals surface area contributed by atoms with Gasteiger partial charge < -0.3 is 16.0 Å². The van der Waals surface area contributed by atoms with Crippen LogP contribution in [0.5, 0.6) is 0 Å². The normalized spacial score (nSPS) is 26.6. The van der Waals surface area contributed by atoms with Crippen molar-refractivity contribution in [2.45, 2.75) is 69.9 Å². The first kappa shape index (κ1) is 16.3. The highest BCUT2D eigenvalue weighted by atomic mass is 16.2. The molecule has 5 heteroatoms. The van der Waals surface area contributed by atoms with Crippen molar-refractivity contribution in [2.75, 3.05) is 13.6 Å². The Balaban J connectivity index is 1.68. The van der Waals surface area contributed by atoms with E-state index in [2.05, 4.69) is 5.32 Å². The van der Waals surface area contributed by atoms with E-state index in [0.29, 0.717) is 12.5 Å². The van der Waals surface area contributed by atoms with E-state index in [-0.39, 0.29) is 30.3 Å². The van der Waals surface area contributed by atoms with Gasteiger partial charge in [0.2, 0.25) is 11.8 Å². The monoisotopic (exact) mass is 295 g/mol. The summed E-state index contributed by atoms with van der Waals surface area (Å²) in [6.45, 7) is 0.119. The number of carbonyl (C=O) groups is 2. The first-order valence-corrected chi connectivity index (χ1v) is 8.36. The molecule has 3 N–H and O–H groups in total. The van der Waals surface area contributed by atoms with Gasteiger partial charge in [-0.25, -0.2) is 0 Å². The molecule has 0 saturated heterocycles. The predicted octanol–water partition coefficient (Wildman–Crippen LogP) is 1.41. The predicted molar refractivity (Wildman–Crippen MR) is 82.6 cm³/mol. The zero-order chi connectivity index (χ0) is 15.2. The molecule has 0 aromatic carbocycles. The molecule has 0 radical (unpaired) electrons. The summed E-state index contributed by atoms with van der Waals surface area (Å²) in [6, 6.07) is 0.503. The Labute approximate surface area is 127 Å². The molecule has 21 heavy (non-hydrogen) atoms. The maximum absolute atomic E-state index is 12.1. The standard InChI is InChI=1S/C16H29N3O2/c1-19(13-7-3-2-4-8-13)16(21)11-18-15(20)10-12-6-5-9-14(12)17/h12-14H,2-11,17H2,1H3,(H,18,20)/t12-,14+/m0/s1. The first-order valence-electron chi connectivity index (χ1n) is 8.36. The minimum Gasteiger partial charge on any atom is -0.347 e. The third-order valence-corrected chi connectivity index (χ3v) is 5.12. The molecule has 0 aromatic rings. The highest BCUT2D eigenvalue weighted by Gasteiger charge is 2.27. The van der Waals surface area contributed by atoms with Crippen LogP contribution in [0.1, 0.15) is 57.8 Å². The van der Waals surface area contributed by atoms with E-state index >= 15 is 0 Å². The summed E-state index contributed by atoms with van der Waals surface area (Å²) in [7, 11) is 1.86. The number of rotatable bonds is 5. The summed E-state index contributed by atoms with van der Waals surface area (Å²) in [4.78, 5) is 25.9. The molecule has 2 saturated carbocycles. The number of nitrogens with two attached hydrogens (primary N) is 1. The molecular weight excluding hydrogens is 266 g/mol. The molecule has 2 amide bonds. The number of nitrogens with one attached hydrogen (secondary N) is 1. The van der Waals surface area contributed by atoms with Crippen LogP contribution in [0.4, 0.5) is 0 Å². The summed E-state index contributed by atoms with van der Waals surface area (Å²) in [5.41, 5.74) is 5.97. The van der Waals surface area contributed by atoms with E-state index in [1.54, 1.807) is 0 Å². The van der Waals surface area contributed by atoms with Crippen LogP contribution in [0.25, 0.3) is 0 Å². The lowest BCUT2D eigenvalue weighted by molar-refractivity contribution is -0.134. The van der Waals surface area contributed by atoms with Gasteiger partial charge in [0, 0.05) is 25.6 Å². The molecule has 2 aliphatic carbocycles. The van der Waals surface area contributed by atoms with E-state index in [0.717, 1.165) is 32.1 Å². The van der Waals surface area contributed by atoms with Gasteiger partial charge in [-0.15, -0.1) is 0 Å². The number of hydrogen-bond acceptors (Lipinski definition) is 3. The summed E-state index contributed by atoms with van der Waals surface area (Å²) >= 11 is 0. The van der Waals surface area contributed by atoms with Crippen molar-refractivity contribution < 1.29 is 9.59 Å². The Morgan fingerprint density at radius 2 is 1.81 bits per heavy atom. The summed E-state index contributed by atoms with van der Waals surface area (Å²) in [5, 5.41) is 2.76. The number of hydrogen-bond donors (Lipinski definition) is 2. The second-order valence-corrected chi connectivity index (χ2v) is 6.63. The van der Waals surface area contributed by atoms with Gasteiger partial charge in [-0.3, -0.25) is 9.59 Å². The van der Waals surface area contributed by atoms with Crippen LogP contribution in [0.2, 0.25) is 0 Å². The van der Waals surface area contributed by atoms with Gasteiger partial charge >= 0.3 is 0 Å². The van der Waals surface area contributed by atoms with Crippen LogP contribution in [0.3, 0.4) is 0 Å². The van der Waals surface area contributed by atoms with Gasteiger partial charge in [-0.1, -0.05) is 25.7 Å². The Hall–Kier alpha value is -1.10. The van der Waals surface area contributed by atoms with Gasteiger partial charge in [0.15, 0.2) is 0 Å². The molecule has 2 atom stereocenters. The molecule has 0 heterocycles. The van der Waals surface area contributed by atoms with Crippen LogP contribution in [-0.2, 0) is 9.59 Å². The molecule has 0 spiro atoms. The van der Waals surface area contributed by atoms with E-state index in [1.807, 2.05) is 11.9 Å². The molecular formula is C16H29N3O2. The van der Waals surface area contributed by atoms with Crippen molar-refractivity contribution in [1.82, 2.24) is 10.2 Å². The average Bonchev–Trinajstić information content (AvgIpc) is 2.90. The molecule has 2 aliphatic rings. The van der Waals surface area contributed by atoms with E-state index in [4.69, 9.17) is 5.73 Å². The first-order chi connectivity index (χ1) is 10.1. The van der Waals surface area contributed by atoms with Crippen molar-refractivity contribution in [3.8, 4) is 0 Å². The Morgan fingerprint density at radius 3 is 2.43 bits per heavy atom. The maximum Gasteiger partial charge on any atom is 0.241 e. The van der Waals surface area contributed by atoms with Crippen LogP contribution in [0, 0.1) is 5.92 Å². The SMILES string of the molecule is CN(C(=O)CNC(=O)C[C@@H]1CCC[C@H]1N)C1CCCCC1. The quantitative estimate of drug-likeness (QED) is 0.805. The minimum absolute atomic E-state index is 0.0194. The molecule has 0 aliphatic heterocycles. The van der Waals surface area contributed by atoms with Crippen molar-refractivity contribution in [1.29, 1.82) is 0 Å². The Bertz CT molecular complexity index is 367. The van der Waals surface area contributed by atoms with Gasteiger partial charge in [0.05, 0.1) is 6.54 Å². The van der Waals surface area contributed by atoms with Crippen LogP contribution in [0.15, 0.2) is 0 Å². The van der Waals surface area contributed by atoms with Crippen LogP contribution >= 0.6 is 0 Å². The number of likely N-dealkylation sites (N-methyl/N-ethyl adjacent to an activating group) is 1. The number of nitrogens with zero attached hydrogens (tertiary/aromatic N) is 1. The largest absolute Gasteiger partial charge is 0.347 e. The molecule has 2 fully saturated rings. The second kappa shape index (κ2) is 7.78. The topological polar surface area (TPSA) is 75.4 Å². The smallest absolute Gasteiger partial charge is 0.241 e. The van der Waals surface area contributed by atoms with Crippen LogP contribution in [-0.4, -0.2) is 42.4 Å². The molecule has 0 unspecified atom stereocenters. The fourth-order valence-corrected chi connectivity index (χ4v) is 3.60. The molecule has 0 aromatic heterocycles. The lowest BCUT2D eigenvalue weighted by Crippen LogP contribution is -2.44. The van der Waals surface area contributed by atoms with Crippen molar-refractivity contribution >= 4 is 11.8 Å². The average molecular weight is 295 g/mol.